The van der Waals surface area contributed by atoms with Crippen LogP contribution < -0.4 is 0 Å². The van der Waals surface area contributed by atoms with E-state index in [-0.39, 0.29) is 0 Å². The zero-order valence-electron chi connectivity index (χ0n) is 15.2. The standard InChI is InChI=1S/C18H20BrClN2.C2H2O4/c19-17-5-1-15(2-6-17)13-21-9-11-22(12-10-21)14-16-3-7-18(20)8-4-16;3-1(4)2(5)6/h1-8H,9-14H2;(H,3,4)(H,5,6). The summed E-state index contributed by atoms with van der Waals surface area (Å²) in [5.41, 5.74) is 2.72. The highest BCUT2D eigenvalue weighted by molar-refractivity contribution is 9.10. The molecule has 0 radical (unpaired) electrons. The zero-order valence-corrected chi connectivity index (χ0v) is 17.6. The van der Waals surface area contributed by atoms with Gasteiger partial charge in [0.2, 0.25) is 0 Å². The molecule has 1 aliphatic rings. The third kappa shape index (κ3) is 7.98. The van der Waals surface area contributed by atoms with Crippen molar-refractivity contribution in [1.82, 2.24) is 9.80 Å². The minimum atomic E-state index is -1.82. The first-order chi connectivity index (χ1) is 13.3. The van der Waals surface area contributed by atoms with Gasteiger partial charge in [0.05, 0.1) is 0 Å². The monoisotopic (exact) mass is 468 g/mol. The highest BCUT2D eigenvalue weighted by Crippen LogP contribution is 2.15. The van der Waals surface area contributed by atoms with Crippen molar-refractivity contribution < 1.29 is 19.8 Å². The van der Waals surface area contributed by atoms with Gasteiger partial charge in [-0.05, 0) is 35.4 Å². The lowest BCUT2D eigenvalue weighted by Crippen LogP contribution is -2.45. The molecular formula is C20H22BrClN2O4. The minimum Gasteiger partial charge on any atom is -0.473 e. The van der Waals surface area contributed by atoms with Crippen LogP contribution in [0.2, 0.25) is 5.02 Å². The average Bonchev–Trinajstić information content (AvgIpc) is 2.67. The number of carbonyl (C=O) groups is 2. The van der Waals surface area contributed by atoms with Crippen molar-refractivity contribution in [3.05, 3.63) is 69.2 Å². The van der Waals surface area contributed by atoms with Crippen molar-refractivity contribution in [2.24, 2.45) is 0 Å². The normalized spacial score (nSPS) is 14.8. The van der Waals surface area contributed by atoms with E-state index >= 15 is 0 Å². The van der Waals surface area contributed by atoms with Crippen LogP contribution in [0.4, 0.5) is 0 Å². The van der Waals surface area contributed by atoms with Crippen LogP contribution in [0.1, 0.15) is 11.1 Å². The van der Waals surface area contributed by atoms with E-state index in [0.29, 0.717) is 0 Å². The number of nitrogens with zero attached hydrogens (tertiary/aromatic N) is 2. The van der Waals surface area contributed by atoms with Crippen molar-refractivity contribution in [3.8, 4) is 0 Å². The van der Waals surface area contributed by atoms with Crippen LogP contribution in [0.15, 0.2) is 53.0 Å². The Balaban J connectivity index is 0.000000409. The van der Waals surface area contributed by atoms with Gasteiger partial charge >= 0.3 is 11.9 Å². The Morgan fingerprint density at radius 3 is 1.50 bits per heavy atom. The molecule has 0 atom stereocenters. The van der Waals surface area contributed by atoms with Crippen molar-refractivity contribution in [2.75, 3.05) is 26.2 Å². The van der Waals surface area contributed by atoms with E-state index in [1.807, 2.05) is 12.1 Å². The van der Waals surface area contributed by atoms with Crippen molar-refractivity contribution in [2.45, 2.75) is 13.1 Å². The summed E-state index contributed by atoms with van der Waals surface area (Å²) in [6.45, 7) is 6.57. The fourth-order valence-corrected chi connectivity index (χ4v) is 3.19. The molecule has 150 valence electrons. The van der Waals surface area contributed by atoms with E-state index in [9.17, 15) is 0 Å². The first kappa shape index (κ1) is 22.4. The number of hydrogen-bond acceptors (Lipinski definition) is 4. The van der Waals surface area contributed by atoms with Gasteiger partial charge in [-0.1, -0.05) is 51.8 Å². The Kier molecular flexibility index (Phi) is 8.92. The molecule has 2 N–H and O–H groups in total. The maximum atomic E-state index is 9.10. The fourth-order valence-electron chi connectivity index (χ4n) is 2.80. The molecule has 0 saturated carbocycles. The molecule has 8 heteroatoms. The topological polar surface area (TPSA) is 81.1 Å². The third-order valence-corrected chi connectivity index (χ3v) is 5.07. The van der Waals surface area contributed by atoms with E-state index in [1.165, 1.54) is 11.1 Å². The minimum absolute atomic E-state index is 0.808. The van der Waals surface area contributed by atoms with Gasteiger partial charge in [-0.2, -0.15) is 0 Å². The Hall–Kier alpha value is -1.93. The SMILES string of the molecule is Clc1ccc(CN2CCN(Cc3ccc(Br)cc3)CC2)cc1.O=C(O)C(=O)O. The zero-order chi connectivity index (χ0) is 20.5. The Bertz CT molecular complexity index is 708. The Morgan fingerprint density at radius 1 is 0.786 bits per heavy atom. The summed E-state index contributed by atoms with van der Waals surface area (Å²) in [5.74, 6) is -3.65. The molecule has 0 aliphatic carbocycles. The first-order valence-corrected chi connectivity index (χ1v) is 9.90. The number of carboxylic acids is 2. The van der Waals surface area contributed by atoms with Gasteiger partial charge in [0.15, 0.2) is 0 Å². The van der Waals surface area contributed by atoms with E-state index in [0.717, 1.165) is 48.8 Å². The molecule has 0 aromatic heterocycles. The lowest BCUT2D eigenvalue weighted by molar-refractivity contribution is -0.159. The van der Waals surface area contributed by atoms with Crippen molar-refractivity contribution in [1.29, 1.82) is 0 Å². The number of piperazine rings is 1. The van der Waals surface area contributed by atoms with Crippen LogP contribution in [-0.4, -0.2) is 58.1 Å². The Labute approximate surface area is 177 Å². The predicted molar refractivity (Wildman–Crippen MR) is 111 cm³/mol. The van der Waals surface area contributed by atoms with Crippen LogP contribution in [0.5, 0.6) is 0 Å². The van der Waals surface area contributed by atoms with Crippen LogP contribution in [0.3, 0.4) is 0 Å². The van der Waals surface area contributed by atoms with Gasteiger partial charge in [-0.15, -0.1) is 0 Å². The Morgan fingerprint density at radius 2 is 1.14 bits per heavy atom. The second kappa shape index (κ2) is 11.2. The molecule has 1 saturated heterocycles. The van der Waals surface area contributed by atoms with Gasteiger partial charge in [0.1, 0.15) is 0 Å². The van der Waals surface area contributed by atoms with Gasteiger partial charge in [-0.25, -0.2) is 9.59 Å². The first-order valence-electron chi connectivity index (χ1n) is 8.73. The molecule has 1 aliphatic heterocycles. The van der Waals surface area contributed by atoms with Crippen LogP contribution in [-0.2, 0) is 22.7 Å². The number of hydrogen-bond donors (Lipinski definition) is 2. The average molecular weight is 470 g/mol. The molecule has 1 heterocycles. The summed E-state index contributed by atoms with van der Waals surface area (Å²) in [4.78, 5) is 23.2. The molecule has 2 aromatic carbocycles. The van der Waals surface area contributed by atoms with E-state index in [2.05, 4.69) is 62.1 Å². The van der Waals surface area contributed by atoms with E-state index in [4.69, 9.17) is 31.4 Å². The molecule has 0 amide bonds. The van der Waals surface area contributed by atoms with Gasteiger partial charge in [0, 0.05) is 48.8 Å². The molecule has 1 fully saturated rings. The lowest BCUT2D eigenvalue weighted by Gasteiger charge is -2.34. The summed E-state index contributed by atoms with van der Waals surface area (Å²) in [6.07, 6.45) is 0. The van der Waals surface area contributed by atoms with Gasteiger partial charge < -0.3 is 10.2 Å². The summed E-state index contributed by atoms with van der Waals surface area (Å²) < 4.78 is 1.14. The van der Waals surface area contributed by atoms with Crippen LogP contribution in [0.25, 0.3) is 0 Å². The van der Waals surface area contributed by atoms with Gasteiger partial charge in [0.25, 0.3) is 0 Å². The smallest absolute Gasteiger partial charge is 0.414 e. The molecule has 0 spiro atoms. The van der Waals surface area contributed by atoms with Gasteiger partial charge in [-0.3, -0.25) is 9.80 Å². The number of halogens is 2. The second-order valence-corrected chi connectivity index (χ2v) is 7.77. The summed E-state index contributed by atoms with van der Waals surface area (Å²) in [7, 11) is 0. The maximum absolute atomic E-state index is 9.10. The molecule has 6 nitrogen and oxygen atoms in total. The summed E-state index contributed by atoms with van der Waals surface area (Å²) in [6, 6.07) is 16.8. The van der Waals surface area contributed by atoms with Crippen LogP contribution >= 0.6 is 27.5 Å². The molecule has 3 rings (SSSR count). The quantitative estimate of drug-likeness (QED) is 0.666. The number of aliphatic carboxylic acids is 2. The van der Waals surface area contributed by atoms with E-state index in [1.54, 1.807) is 0 Å². The lowest BCUT2D eigenvalue weighted by atomic mass is 10.1. The highest BCUT2D eigenvalue weighted by Gasteiger charge is 2.17. The molecular weight excluding hydrogens is 448 g/mol. The highest BCUT2D eigenvalue weighted by atomic mass is 79.9. The molecule has 0 unspecified atom stereocenters. The molecule has 28 heavy (non-hydrogen) atoms. The summed E-state index contributed by atoms with van der Waals surface area (Å²) in [5, 5.41) is 15.6. The number of benzene rings is 2. The largest absolute Gasteiger partial charge is 0.473 e. The molecule has 0 bridgehead atoms. The third-order valence-electron chi connectivity index (χ3n) is 4.29. The fraction of sp³-hybridized carbons (Fsp3) is 0.300. The predicted octanol–water partition coefficient (Wildman–Crippen LogP) is 3.58. The number of carboxylic acid groups (broad SMARTS) is 2. The maximum Gasteiger partial charge on any atom is 0.414 e. The summed E-state index contributed by atoms with van der Waals surface area (Å²) >= 11 is 9.42. The van der Waals surface area contributed by atoms with Crippen molar-refractivity contribution in [3.63, 3.8) is 0 Å². The van der Waals surface area contributed by atoms with Crippen molar-refractivity contribution >= 4 is 39.5 Å². The van der Waals surface area contributed by atoms with Crippen LogP contribution in [0, 0.1) is 0 Å². The number of rotatable bonds is 4. The second-order valence-electron chi connectivity index (χ2n) is 6.42. The van der Waals surface area contributed by atoms with E-state index < -0.39 is 11.9 Å². The molecule has 2 aromatic rings.